The largest absolute Gasteiger partial charge is 0.494 e. The highest BCUT2D eigenvalue weighted by atomic mass is 32.1. The molecule has 1 amide bonds. The number of benzene rings is 1. The minimum atomic E-state index is -0.540. The molecule has 0 spiro atoms. The lowest BCUT2D eigenvalue weighted by Crippen LogP contribution is -2.27. The highest BCUT2D eigenvalue weighted by molar-refractivity contribution is 7.16. The SMILES string of the molecule is COc1cc(CNC(=O)c2nc3scc(COCC4CCC(C#N)CC4)c3c(=O)[nH]2)ccc1F. The Kier molecular flexibility index (Phi) is 7.55. The molecule has 1 aliphatic carbocycles. The van der Waals surface area contributed by atoms with E-state index in [1.165, 1.54) is 36.6 Å². The van der Waals surface area contributed by atoms with Crippen molar-refractivity contribution in [2.45, 2.75) is 38.8 Å². The monoisotopic (exact) mass is 484 g/mol. The second kappa shape index (κ2) is 10.8. The maximum Gasteiger partial charge on any atom is 0.287 e. The van der Waals surface area contributed by atoms with Gasteiger partial charge in [0.1, 0.15) is 4.83 Å². The molecule has 8 nitrogen and oxygen atoms in total. The highest BCUT2D eigenvalue weighted by Crippen LogP contribution is 2.29. The van der Waals surface area contributed by atoms with Gasteiger partial charge in [-0.15, -0.1) is 11.3 Å². The maximum atomic E-state index is 13.5. The number of nitrogens with one attached hydrogen (secondary N) is 2. The molecule has 0 aliphatic heterocycles. The number of hydrogen-bond donors (Lipinski definition) is 2. The summed E-state index contributed by atoms with van der Waals surface area (Å²) >= 11 is 1.28. The lowest BCUT2D eigenvalue weighted by Gasteiger charge is -2.24. The Bertz CT molecular complexity index is 1270. The van der Waals surface area contributed by atoms with Crippen molar-refractivity contribution in [2.75, 3.05) is 13.7 Å². The second-order valence-corrected chi connectivity index (χ2v) is 9.23. The van der Waals surface area contributed by atoms with Crippen LogP contribution in [0, 0.1) is 29.0 Å². The van der Waals surface area contributed by atoms with Crippen LogP contribution in [0.5, 0.6) is 5.75 Å². The predicted molar refractivity (Wildman–Crippen MR) is 125 cm³/mol. The van der Waals surface area contributed by atoms with E-state index in [0.717, 1.165) is 31.2 Å². The molecular weight excluding hydrogens is 459 g/mol. The smallest absolute Gasteiger partial charge is 0.287 e. The topological polar surface area (TPSA) is 117 Å². The molecule has 0 bridgehead atoms. The number of hydrogen-bond acceptors (Lipinski definition) is 7. The summed E-state index contributed by atoms with van der Waals surface area (Å²) in [6, 6.07) is 6.63. The summed E-state index contributed by atoms with van der Waals surface area (Å²) < 4.78 is 24.4. The molecule has 0 saturated heterocycles. The summed E-state index contributed by atoms with van der Waals surface area (Å²) in [5, 5.41) is 13.9. The molecule has 2 N–H and O–H groups in total. The Balaban J connectivity index is 1.37. The van der Waals surface area contributed by atoms with Crippen LogP contribution in [0.15, 0.2) is 28.4 Å². The normalized spacial score (nSPS) is 17.9. The number of aromatic nitrogens is 2. The van der Waals surface area contributed by atoms with Gasteiger partial charge in [-0.1, -0.05) is 6.07 Å². The molecule has 0 atom stereocenters. The zero-order valence-corrected chi connectivity index (χ0v) is 19.5. The van der Waals surface area contributed by atoms with Crippen LogP contribution in [0.2, 0.25) is 0 Å². The summed E-state index contributed by atoms with van der Waals surface area (Å²) in [6.07, 6.45) is 3.78. The summed E-state index contributed by atoms with van der Waals surface area (Å²) in [5.41, 5.74) is 0.990. The number of ether oxygens (including phenoxy) is 2. The van der Waals surface area contributed by atoms with Crippen molar-refractivity contribution in [3.05, 3.63) is 56.7 Å². The first kappa shape index (κ1) is 23.9. The number of methoxy groups -OCH3 is 1. The average Bonchev–Trinajstić information content (AvgIpc) is 3.27. The van der Waals surface area contributed by atoms with Crippen molar-refractivity contribution in [3.8, 4) is 11.8 Å². The standard InChI is InChI=1S/C24H25FN4O4S/c1-32-19-8-16(6-7-18(19)25)10-27-23(31)21-28-22(30)20-17(13-34-24(20)29-21)12-33-11-15-4-2-14(9-26)3-5-15/h6-8,13-15H,2-5,10-12H2,1H3,(H,27,31)(H,28,29,30). The van der Waals surface area contributed by atoms with Crippen molar-refractivity contribution < 1.29 is 18.7 Å². The molecular formula is C24H25FN4O4S. The number of nitrogens with zero attached hydrogens (tertiary/aromatic N) is 2. The van der Waals surface area contributed by atoms with Crippen LogP contribution < -0.4 is 15.6 Å². The fourth-order valence-electron chi connectivity index (χ4n) is 4.09. The molecule has 0 radical (unpaired) electrons. The third kappa shape index (κ3) is 5.43. The molecule has 4 rings (SSSR count). The van der Waals surface area contributed by atoms with Gasteiger partial charge in [-0.25, -0.2) is 9.37 Å². The lowest BCUT2D eigenvalue weighted by molar-refractivity contribution is 0.0711. The average molecular weight is 485 g/mol. The van der Waals surface area contributed by atoms with Gasteiger partial charge in [0.05, 0.1) is 25.2 Å². The quantitative estimate of drug-likeness (QED) is 0.501. The number of rotatable bonds is 8. The number of amides is 1. The molecule has 1 aromatic carbocycles. The molecule has 2 heterocycles. The Hall–Kier alpha value is -3.29. The van der Waals surface area contributed by atoms with E-state index >= 15 is 0 Å². The van der Waals surface area contributed by atoms with Crippen molar-refractivity contribution in [1.82, 2.24) is 15.3 Å². The van der Waals surface area contributed by atoms with Crippen LogP contribution in [0.1, 0.15) is 47.4 Å². The van der Waals surface area contributed by atoms with Crippen molar-refractivity contribution in [2.24, 2.45) is 11.8 Å². The fraction of sp³-hybridized carbons (Fsp3) is 0.417. The number of thiophene rings is 1. The van der Waals surface area contributed by atoms with Gasteiger partial charge in [-0.2, -0.15) is 5.26 Å². The van der Waals surface area contributed by atoms with Crippen LogP contribution in [0.4, 0.5) is 4.39 Å². The molecule has 34 heavy (non-hydrogen) atoms. The second-order valence-electron chi connectivity index (χ2n) is 8.37. The van der Waals surface area contributed by atoms with Crippen molar-refractivity contribution in [3.63, 3.8) is 0 Å². The van der Waals surface area contributed by atoms with Gasteiger partial charge in [-0.05, 0) is 54.7 Å². The first-order valence-electron chi connectivity index (χ1n) is 11.1. The number of nitriles is 1. The molecule has 10 heteroatoms. The Morgan fingerprint density at radius 2 is 2.15 bits per heavy atom. The predicted octanol–water partition coefficient (Wildman–Crippen LogP) is 3.91. The number of aromatic amines is 1. The Morgan fingerprint density at radius 3 is 2.88 bits per heavy atom. The summed E-state index contributed by atoms with van der Waals surface area (Å²) in [6.45, 7) is 1.01. The minimum absolute atomic E-state index is 0.0860. The molecule has 1 fully saturated rings. The van der Waals surface area contributed by atoms with Crippen LogP contribution in [0.25, 0.3) is 10.2 Å². The van der Waals surface area contributed by atoms with Gasteiger partial charge >= 0.3 is 0 Å². The van der Waals surface area contributed by atoms with E-state index in [4.69, 9.17) is 14.7 Å². The van der Waals surface area contributed by atoms with Gasteiger partial charge in [-0.3, -0.25) is 9.59 Å². The zero-order valence-electron chi connectivity index (χ0n) is 18.7. The lowest BCUT2D eigenvalue weighted by atomic mass is 9.83. The Labute approximate surface area is 199 Å². The van der Waals surface area contributed by atoms with Gasteiger partial charge in [0.15, 0.2) is 11.6 Å². The van der Waals surface area contributed by atoms with E-state index in [0.29, 0.717) is 34.9 Å². The van der Waals surface area contributed by atoms with Gasteiger partial charge in [0.25, 0.3) is 11.5 Å². The molecule has 178 valence electrons. The zero-order chi connectivity index (χ0) is 24.1. The van der Waals surface area contributed by atoms with Crippen LogP contribution >= 0.6 is 11.3 Å². The molecule has 0 unspecified atom stereocenters. The highest BCUT2D eigenvalue weighted by Gasteiger charge is 2.21. The molecule has 2 aromatic heterocycles. The number of H-pyrrole nitrogens is 1. The van der Waals surface area contributed by atoms with Crippen molar-refractivity contribution >= 4 is 27.5 Å². The third-order valence-corrected chi connectivity index (χ3v) is 6.97. The van der Waals surface area contributed by atoms with Crippen LogP contribution in [-0.4, -0.2) is 29.6 Å². The van der Waals surface area contributed by atoms with Crippen LogP contribution in [-0.2, 0) is 17.9 Å². The van der Waals surface area contributed by atoms with E-state index in [9.17, 15) is 14.0 Å². The number of halogens is 1. The number of carbonyl (C=O) groups excluding carboxylic acids is 1. The summed E-state index contributed by atoms with van der Waals surface area (Å²) in [7, 11) is 1.37. The van der Waals surface area contributed by atoms with Crippen molar-refractivity contribution in [1.29, 1.82) is 5.26 Å². The van der Waals surface area contributed by atoms with E-state index in [1.807, 2.05) is 5.38 Å². The molecule has 3 aromatic rings. The van der Waals surface area contributed by atoms with E-state index in [-0.39, 0.29) is 24.0 Å². The molecule has 1 saturated carbocycles. The van der Waals surface area contributed by atoms with E-state index in [2.05, 4.69) is 21.4 Å². The van der Waals surface area contributed by atoms with Gasteiger partial charge < -0.3 is 19.8 Å². The number of carbonyl (C=O) groups is 1. The Morgan fingerprint density at radius 1 is 1.35 bits per heavy atom. The van der Waals surface area contributed by atoms with E-state index in [1.54, 1.807) is 0 Å². The van der Waals surface area contributed by atoms with Crippen LogP contribution in [0.3, 0.4) is 0 Å². The molecule has 1 aliphatic rings. The first-order chi connectivity index (χ1) is 16.5. The summed E-state index contributed by atoms with van der Waals surface area (Å²) in [5.74, 6) is -0.439. The maximum absolute atomic E-state index is 13.5. The van der Waals surface area contributed by atoms with Gasteiger partial charge in [0, 0.05) is 24.6 Å². The minimum Gasteiger partial charge on any atom is -0.494 e. The summed E-state index contributed by atoms with van der Waals surface area (Å²) in [4.78, 5) is 32.6. The first-order valence-corrected chi connectivity index (χ1v) is 11.9. The fourth-order valence-corrected chi connectivity index (χ4v) is 5.02. The number of fused-ring (bicyclic) bond motifs is 1. The van der Waals surface area contributed by atoms with E-state index < -0.39 is 17.3 Å². The third-order valence-electron chi connectivity index (χ3n) is 6.04. The van der Waals surface area contributed by atoms with Gasteiger partial charge in [0.2, 0.25) is 5.82 Å².